The van der Waals surface area contributed by atoms with E-state index in [0.29, 0.717) is 18.8 Å². The van der Waals surface area contributed by atoms with Crippen molar-refractivity contribution in [3.8, 4) is 5.75 Å². The second kappa shape index (κ2) is 5.72. The highest BCUT2D eigenvalue weighted by atomic mass is 16.5. The third-order valence-corrected chi connectivity index (χ3v) is 3.58. The van der Waals surface area contributed by atoms with Gasteiger partial charge in [-0.05, 0) is 44.4 Å². The number of hydrogen-bond donors (Lipinski definition) is 1. The molecule has 18 heavy (non-hydrogen) atoms. The van der Waals surface area contributed by atoms with Crippen molar-refractivity contribution < 1.29 is 9.47 Å². The van der Waals surface area contributed by atoms with Crippen molar-refractivity contribution in [2.75, 3.05) is 19.8 Å². The number of morpholine rings is 1. The quantitative estimate of drug-likeness (QED) is 0.892. The van der Waals surface area contributed by atoms with Gasteiger partial charge in [-0.15, -0.1) is 0 Å². The van der Waals surface area contributed by atoms with E-state index in [4.69, 9.17) is 9.47 Å². The zero-order valence-electron chi connectivity index (χ0n) is 11.7. The lowest BCUT2D eigenvalue weighted by molar-refractivity contribution is 0.00444. The van der Waals surface area contributed by atoms with Crippen LogP contribution in [-0.2, 0) is 4.74 Å². The Hall–Kier alpha value is -1.06. The molecule has 3 nitrogen and oxygen atoms in total. The molecule has 0 radical (unpaired) electrons. The molecule has 0 saturated carbocycles. The molecule has 1 aliphatic heterocycles. The third kappa shape index (κ3) is 3.03. The Morgan fingerprint density at radius 2 is 2.00 bits per heavy atom. The van der Waals surface area contributed by atoms with Crippen molar-refractivity contribution in [1.82, 2.24) is 5.32 Å². The van der Waals surface area contributed by atoms with Crippen LogP contribution < -0.4 is 10.1 Å². The third-order valence-electron chi connectivity index (χ3n) is 3.58. The van der Waals surface area contributed by atoms with Gasteiger partial charge in [0.2, 0.25) is 0 Å². The molecular formula is C15H23NO2. The Kier molecular flexibility index (Phi) is 4.25. The van der Waals surface area contributed by atoms with Crippen LogP contribution in [0.4, 0.5) is 0 Å². The minimum atomic E-state index is 0.292. The lowest BCUT2D eigenvalue weighted by atomic mass is 10.1. The zero-order valence-corrected chi connectivity index (χ0v) is 11.7. The predicted octanol–water partition coefficient (Wildman–Crippen LogP) is 2.37. The Labute approximate surface area is 109 Å². The summed E-state index contributed by atoms with van der Waals surface area (Å²) < 4.78 is 11.6. The van der Waals surface area contributed by atoms with Crippen LogP contribution >= 0.6 is 0 Å². The summed E-state index contributed by atoms with van der Waals surface area (Å²) in [4.78, 5) is 0. The molecule has 2 atom stereocenters. The van der Waals surface area contributed by atoms with E-state index in [1.54, 1.807) is 0 Å². The van der Waals surface area contributed by atoms with Crippen molar-refractivity contribution >= 4 is 0 Å². The average Bonchev–Trinajstić information content (AvgIpc) is 2.36. The maximum atomic E-state index is 5.98. The highest BCUT2D eigenvalue weighted by Crippen LogP contribution is 2.25. The van der Waals surface area contributed by atoms with Crippen LogP contribution in [0.15, 0.2) is 12.1 Å². The standard InChI is InChI=1S/C15H23NO2/c1-10-5-6-11(2)15(13(10)4)18-9-14-8-17-12(3)7-16-14/h5-6,12,14,16H,7-9H2,1-4H3. The molecule has 100 valence electrons. The van der Waals surface area contributed by atoms with Gasteiger partial charge in [0.15, 0.2) is 0 Å². The molecule has 2 unspecified atom stereocenters. The summed E-state index contributed by atoms with van der Waals surface area (Å²) in [5.41, 5.74) is 3.71. The summed E-state index contributed by atoms with van der Waals surface area (Å²) in [6.07, 6.45) is 0.309. The molecule has 0 aromatic heterocycles. The first kappa shape index (κ1) is 13.4. The molecule has 2 rings (SSSR count). The van der Waals surface area contributed by atoms with Gasteiger partial charge in [-0.25, -0.2) is 0 Å². The summed E-state index contributed by atoms with van der Waals surface area (Å²) in [5.74, 6) is 1.02. The van der Waals surface area contributed by atoms with E-state index in [9.17, 15) is 0 Å². The minimum Gasteiger partial charge on any atom is -0.491 e. The first-order valence-electron chi connectivity index (χ1n) is 6.62. The summed E-state index contributed by atoms with van der Waals surface area (Å²) in [5, 5.41) is 3.44. The van der Waals surface area contributed by atoms with Crippen LogP contribution in [0.3, 0.4) is 0 Å². The summed E-state index contributed by atoms with van der Waals surface area (Å²) in [6.45, 7) is 10.7. The van der Waals surface area contributed by atoms with Gasteiger partial charge in [-0.2, -0.15) is 0 Å². The molecule has 1 aromatic carbocycles. The molecule has 1 heterocycles. The van der Waals surface area contributed by atoms with E-state index in [2.05, 4.69) is 45.1 Å². The lowest BCUT2D eigenvalue weighted by Crippen LogP contribution is -2.48. The predicted molar refractivity (Wildman–Crippen MR) is 73.4 cm³/mol. The highest BCUT2D eigenvalue weighted by Gasteiger charge is 2.19. The maximum Gasteiger partial charge on any atom is 0.125 e. The minimum absolute atomic E-state index is 0.292. The molecule has 0 spiro atoms. The number of ether oxygens (including phenoxy) is 2. The van der Waals surface area contributed by atoms with Gasteiger partial charge < -0.3 is 14.8 Å². The Bertz CT molecular complexity index is 409. The van der Waals surface area contributed by atoms with E-state index in [1.807, 2.05) is 0 Å². The molecule has 1 saturated heterocycles. The fourth-order valence-corrected chi connectivity index (χ4v) is 2.17. The van der Waals surface area contributed by atoms with Crippen molar-refractivity contribution in [3.05, 3.63) is 28.8 Å². The fraction of sp³-hybridized carbons (Fsp3) is 0.600. The number of nitrogens with one attached hydrogen (secondary N) is 1. The highest BCUT2D eigenvalue weighted by molar-refractivity contribution is 5.44. The largest absolute Gasteiger partial charge is 0.491 e. The Morgan fingerprint density at radius 1 is 1.28 bits per heavy atom. The molecule has 1 aromatic rings. The van der Waals surface area contributed by atoms with Crippen LogP contribution in [0.1, 0.15) is 23.6 Å². The normalized spacial score (nSPS) is 24.0. The van der Waals surface area contributed by atoms with Crippen LogP contribution in [0.5, 0.6) is 5.75 Å². The number of aryl methyl sites for hydroxylation is 2. The lowest BCUT2D eigenvalue weighted by Gasteiger charge is -2.28. The molecule has 0 aliphatic carbocycles. The first-order chi connectivity index (χ1) is 8.58. The molecule has 1 fully saturated rings. The van der Waals surface area contributed by atoms with Gasteiger partial charge in [-0.3, -0.25) is 0 Å². The summed E-state index contributed by atoms with van der Waals surface area (Å²) in [7, 11) is 0. The van der Waals surface area contributed by atoms with Crippen molar-refractivity contribution in [2.45, 2.75) is 39.8 Å². The summed E-state index contributed by atoms with van der Waals surface area (Å²) in [6, 6.07) is 4.55. The number of rotatable bonds is 3. The monoisotopic (exact) mass is 249 g/mol. The van der Waals surface area contributed by atoms with Crippen LogP contribution in [0.25, 0.3) is 0 Å². The van der Waals surface area contributed by atoms with Gasteiger partial charge in [0.1, 0.15) is 12.4 Å². The van der Waals surface area contributed by atoms with E-state index in [0.717, 1.165) is 18.9 Å². The van der Waals surface area contributed by atoms with Gasteiger partial charge in [0, 0.05) is 6.54 Å². The second-order valence-corrected chi connectivity index (χ2v) is 5.21. The van der Waals surface area contributed by atoms with E-state index in [1.165, 1.54) is 16.7 Å². The summed E-state index contributed by atoms with van der Waals surface area (Å²) >= 11 is 0. The van der Waals surface area contributed by atoms with Crippen LogP contribution in [0.2, 0.25) is 0 Å². The van der Waals surface area contributed by atoms with Gasteiger partial charge >= 0.3 is 0 Å². The molecule has 1 N–H and O–H groups in total. The SMILES string of the molecule is Cc1ccc(C)c(OCC2COC(C)CN2)c1C. The van der Waals surface area contributed by atoms with Gasteiger partial charge in [0.05, 0.1) is 18.8 Å². The van der Waals surface area contributed by atoms with Crippen LogP contribution in [0, 0.1) is 20.8 Å². The Balaban J connectivity index is 1.96. The smallest absolute Gasteiger partial charge is 0.125 e. The molecular weight excluding hydrogens is 226 g/mol. The number of benzene rings is 1. The van der Waals surface area contributed by atoms with Crippen molar-refractivity contribution in [2.24, 2.45) is 0 Å². The van der Waals surface area contributed by atoms with E-state index in [-0.39, 0.29) is 0 Å². The van der Waals surface area contributed by atoms with E-state index < -0.39 is 0 Å². The van der Waals surface area contributed by atoms with Gasteiger partial charge in [-0.1, -0.05) is 12.1 Å². The zero-order chi connectivity index (χ0) is 13.1. The maximum absolute atomic E-state index is 5.98. The van der Waals surface area contributed by atoms with Crippen LogP contribution in [-0.4, -0.2) is 31.9 Å². The van der Waals surface area contributed by atoms with Gasteiger partial charge in [0.25, 0.3) is 0 Å². The van der Waals surface area contributed by atoms with Crippen molar-refractivity contribution in [3.63, 3.8) is 0 Å². The topological polar surface area (TPSA) is 30.5 Å². The second-order valence-electron chi connectivity index (χ2n) is 5.21. The molecule has 1 aliphatic rings. The molecule has 0 bridgehead atoms. The fourth-order valence-electron chi connectivity index (χ4n) is 2.17. The van der Waals surface area contributed by atoms with Crippen molar-refractivity contribution in [1.29, 1.82) is 0 Å². The molecule has 3 heteroatoms. The average molecular weight is 249 g/mol. The Morgan fingerprint density at radius 3 is 2.67 bits per heavy atom. The first-order valence-corrected chi connectivity index (χ1v) is 6.62. The molecule has 0 amide bonds. The van der Waals surface area contributed by atoms with E-state index >= 15 is 0 Å². The number of hydrogen-bond acceptors (Lipinski definition) is 3.